The fraction of sp³-hybridized carbons (Fsp3) is 0.286. The molecule has 0 aliphatic rings. The van der Waals surface area contributed by atoms with Crippen LogP contribution in [0.5, 0.6) is 5.88 Å². The largest absolute Gasteiger partial charge is 0.479 e. The number of methoxy groups -OCH3 is 1. The monoisotopic (exact) mass is 213 g/mol. The Bertz CT molecular complexity index is 429. The zero-order chi connectivity index (χ0) is 9.26. The van der Waals surface area contributed by atoms with E-state index in [1.165, 1.54) is 23.1 Å². The topological polar surface area (TPSA) is 47.9 Å². The van der Waals surface area contributed by atoms with E-state index < -0.39 is 0 Å². The first kappa shape index (κ1) is 8.71. The van der Waals surface area contributed by atoms with E-state index in [1.807, 2.05) is 6.26 Å². The summed E-state index contributed by atoms with van der Waals surface area (Å²) in [4.78, 5) is 13.5. The van der Waals surface area contributed by atoms with E-state index >= 15 is 0 Å². The predicted octanol–water partition coefficient (Wildman–Crippen LogP) is 1.82. The Labute approximate surface area is 83.4 Å². The molecule has 2 rings (SSSR count). The third kappa shape index (κ3) is 1.47. The molecule has 2 aromatic rings. The Morgan fingerprint density at radius 2 is 2.31 bits per heavy atom. The van der Waals surface area contributed by atoms with Crippen LogP contribution in [0.15, 0.2) is 10.7 Å². The van der Waals surface area contributed by atoms with Crippen molar-refractivity contribution in [2.45, 2.75) is 5.16 Å². The normalized spacial score (nSPS) is 10.6. The predicted molar refractivity (Wildman–Crippen MR) is 53.5 cm³/mol. The maximum absolute atomic E-state index is 5.11. The number of fused-ring (bicyclic) bond motifs is 1. The number of rotatable bonds is 2. The van der Waals surface area contributed by atoms with E-state index in [9.17, 15) is 0 Å². The molecule has 0 aliphatic carbocycles. The van der Waals surface area contributed by atoms with Crippen LogP contribution in [0.3, 0.4) is 0 Å². The summed E-state index contributed by atoms with van der Waals surface area (Å²) in [5.41, 5.74) is 2.48. The van der Waals surface area contributed by atoms with E-state index in [-0.39, 0.29) is 0 Å². The van der Waals surface area contributed by atoms with Gasteiger partial charge in [0.05, 0.1) is 12.6 Å². The minimum absolute atomic E-state index is 0.551. The Morgan fingerprint density at radius 3 is 3.00 bits per heavy atom. The molecule has 0 aromatic carbocycles. The fourth-order valence-electron chi connectivity index (χ4n) is 0.951. The van der Waals surface area contributed by atoms with E-state index in [0.717, 1.165) is 10.3 Å². The summed E-state index contributed by atoms with van der Waals surface area (Å²) in [6, 6.07) is 0. The molecule has 0 radical (unpaired) electrons. The summed E-state index contributed by atoms with van der Waals surface area (Å²) in [6.45, 7) is 0. The highest BCUT2D eigenvalue weighted by Crippen LogP contribution is 2.25. The van der Waals surface area contributed by atoms with E-state index in [2.05, 4.69) is 15.0 Å². The molecule has 0 bridgehead atoms. The van der Waals surface area contributed by atoms with Crippen LogP contribution < -0.4 is 4.74 Å². The van der Waals surface area contributed by atoms with Crippen molar-refractivity contribution in [2.24, 2.45) is 0 Å². The lowest BCUT2D eigenvalue weighted by molar-refractivity contribution is 0.398. The average molecular weight is 213 g/mol. The van der Waals surface area contributed by atoms with Crippen LogP contribution in [-0.2, 0) is 0 Å². The molecule has 2 heterocycles. The second-order valence-corrected chi connectivity index (χ2v) is 3.83. The van der Waals surface area contributed by atoms with Crippen molar-refractivity contribution in [1.82, 2.24) is 15.0 Å². The number of thioether (sulfide) groups is 1. The Morgan fingerprint density at radius 1 is 1.46 bits per heavy atom. The van der Waals surface area contributed by atoms with Gasteiger partial charge in [0.25, 0.3) is 0 Å². The van der Waals surface area contributed by atoms with Gasteiger partial charge in [0.15, 0.2) is 15.5 Å². The van der Waals surface area contributed by atoms with Crippen molar-refractivity contribution in [3.8, 4) is 5.88 Å². The van der Waals surface area contributed by atoms with Gasteiger partial charge in [0.1, 0.15) is 0 Å². The van der Waals surface area contributed by atoms with Gasteiger partial charge in [-0.3, -0.25) is 0 Å². The molecule has 0 spiro atoms. The molecule has 0 amide bonds. The number of ether oxygens (including phenoxy) is 1. The number of nitrogens with zero attached hydrogens (tertiary/aromatic N) is 3. The highest BCUT2D eigenvalue weighted by Gasteiger charge is 2.09. The number of thiazole rings is 1. The van der Waals surface area contributed by atoms with Crippen molar-refractivity contribution in [3.63, 3.8) is 0 Å². The molecule has 13 heavy (non-hydrogen) atoms. The molecule has 2 aromatic heterocycles. The Hall–Kier alpha value is -0.880. The quantitative estimate of drug-likeness (QED) is 0.562. The van der Waals surface area contributed by atoms with Crippen molar-refractivity contribution in [1.29, 1.82) is 0 Å². The summed E-state index contributed by atoms with van der Waals surface area (Å²) in [7, 11) is 1.59. The minimum atomic E-state index is 0.551. The van der Waals surface area contributed by atoms with Crippen molar-refractivity contribution in [3.05, 3.63) is 5.51 Å². The first-order chi connectivity index (χ1) is 6.35. The van der Waals surface area contributed by atoms with Crippen LogP contribution in [0.1, 0.15) is 0 Å². The Kier molecular flexibility index (Phi) is 2.32. The highest BCUT2D eigenvalue weighted by molar-refractivity contribution is 7.98. The van der Waals surface area contributed by atoms with Gasteiger partial charge in [0.2, 0.25) is 5.88 Å². The number of hydrogen-bond donors (Lipinski definition) is 0. The third-order valence-corrected chi connectivity index (χ3v) is 2.79. The maximum Gasteiger partial charge on any atom is 0.245 e. The first-order valence-electron chi connectivity index (χ1n) is 3.54. The molecule has 6 heteroatoms. The zero-order valence-electron chi connectivity index (χ0n) is 7.14. The van der Waals surface area contributed by atoms with Gasteiger partial charge in [-0.1, -0.05) is 11.8 Å². The molecule has 0 unspecified atom stereocenters. The summed E-state index contributed by atoms with van der Waals surface area (Å²) in [6.07, 6.45) is 1.93. The molecule has 0 saturated heterocycles. The average Bonchev–Trinajstić information content (AvgIpc) is 2.63. The van der Waals surface area contributed by atoms with Gasteiger partial charge >= 0.3 is 0 Å². The van der Waals surface area contributed by atoms with Gasteiger partial charge in [0, 0.05) is 0 Å². The molecular formula is C7H7N3OS2. The second-order valence-electron chi connectivity index (χ2n) is 2.23. The lowest BCUT2D eigenvalue weighted by Crippen LogP contribution is -1.92. The first-order valence-corrected chi connectivity index (χ1v) is 5.65. The van der Waals surface area contributed by atoms with E-state index in [0.29, 0.717) is 11.0 Å². The third-order valence-electron chi connectivity index (χ3n) is 1.52. The van der Waals surface area contributed by atoms with E-state index in [1.54, 1.807) is 12.6 Å². The van der Waals surface area contributed by atoms with Crippen LogP contribution >= 0.6 is 23.1 Å². The van der Waals surface area contributed by atoms with Crippen LogP contribution in [0.4, 0.5) is 0 Å². The van der Waals surface area contributed by atoms with Crippen molar-refractivity contribution >= 4 is 33.4 Å². The standard InChI is InChI=1S/C7H7N3OS2/c1-11-5-4-6(13-3-8-4)10-7(9-5)12-2/h3H,1-2H3. The smallest absolute Gasteiger partial charge is 0.245 e. The van der Waals surface area contributed by atoms with Crippen LogP contribution in [-0.4, -0.2) is 28.3 Å². The minimum Gasteiger partial charge on any atom is -0.479 e. The van der Waals surface area contributed by atoms with Gasteiger partial charge in [-0.05, 0) is 6.26 Å². The van der Waals surface area contributed by atoms with Gasteiger partial charge in [-0.2, -0.15) is 4.98 Å². The summed E-state index contributed by atoms with van der Waals surface area (Å²) < 4.78 is 5.11. The lowest BCUT2D eigenvalue weighted by atomic mass is 10.5. The van der Waals surface area contributed by atoms with Gasteiger partial charge in [-0.25, -0.2) is 9.97 Å². The molecule has 4 nitrogen and oxygen atoms in total. The fourth-order valence-corrected chi connectivity index (χ4v) is 2.01. The van der Waals surface area contributed by atoms with Gasteiger partial charge in [-0.15, -0.1) is 11.3 Å². The summed E-state index contributed by atoms with van der Waals surface area (Å²) in [5, 5.41) is 0.716. The maximum atomic E-state index is 5.11. The molecule has 0 saturated carbocycles. The van der Waals surface area contributed by atoms with Crippen molar-refractivity contribution in [2.75, 3.05) is 13.4 Å². The van der Waals surface area contributed by atoms with Gasteiger partial charge < -0.3 is 4.74 Å². The molecule has 0 aliphatic heterocycles. The number of hydrogen-bond acceptors (Lipinski definition) is 6. The molecular weight excluding hydrogens is 206 g/mol. The highest BCUT2D eigenvalue weighted by atomic mass is 32.2. The van der Waals surface area contributed by atoms with Crippen LogP contribution in [0.25, 0.3) is 10.3 Å². The number of aromatic nitrogens is 3. The summed E-state index contributed by atoms with van der Waals surface area (Å²) in [5.74, 6) is 0.551. The molecule has 0 fully saturated rings. The van der Waals surface area contributed by atoms with Crippen LogP contribution in [0, 0.1) is 0 Å². The molecule has 0 atom stereocenters. The molecule has 0 N–H and O–H groups in total. The summed E-state index contributed by atoms with van der Waals surface area (Å²) >= 11 is 2.98. The van der Waals surface area contributed by atoms with E-state index in [4.69, 9.17) is 4.74 Å². The van der Waals surface area contributed by atoms with Crippen LogP contribution in [0.2, 0.25) is 0 Å². The molecule has 68 valence electrons. The Balaban J connectivity index is 2.70. The second kappa shape index (κ2) is 3.47. The van der Waals surface area contributed by atoms with Crippen molar-refractivity contribution < 1.29 is 4.74 Å². The SMILES string of the molecule is COc1nc(SC)nc2scnc12. The lowest BCUT2D eigenvalue weighted by Gasteiger charge is -2.00. The zero-order valence-corrected chi connectivity index (χ0v) is 8.78.